The minimum Gasteiger partial charge on any atom is -0.361 e. The van der Waals surface area contributed by atoms with Crippen LogP contribution in [0.15, 0.2) is 92.9 Å². The van der Waals surface area contributed by atoms with E-state index in [4.69, 9.17) is 5.10 Å². The van der Waals surface area contributed by atoms with Gasteiger partial charge >= 0.3 is 0 Å². The van der Waals surface area contributed by atoms with Gasteiger partial charge in [0, 0.05) is 50.2 Å². The number of H-pyrrole nitrogens is 1. The highest BCUT2D eigenvalue weighted by Gasteiger charge is 2.11. The van der Waals surface area contributed by atoms with Crippen LogP contribution in [0.1, 0.15) is 5.56 Å². The van der Waals surface area contributed by atoms with Crippen molar-refractivity contribution in [1.82, 2.24) is 9.66 Å². The van der Waals surface area contributed by atoms with E-state index in [-0.39, 0.29) is 11.5 Å². The number of nitro groups is 1. The lowest BCUT2D eigenvalue weighted by molar-refractivity contribution is -0.384. The molecule has 0 aliphatic carbocycles. The Morgan fingerprint density at radius 3 is 2.59 bits per heavy atom. The standard InChI is InChI=1S/C24H15BrFN5O2S/c25-17-3-10-22-21(11-17)16(12-27-22)13-28-30-23(15-1-8-20(9-2-15)31(32)33)14-34-24(30)29-19-6-4-18(26)5-7-19/h1-14,27H. The molecule has 0 bridgehead atoms. The Morgan fingerprint density at radius 1 is 1.09 bits per heavy atom. The van der Waals surface area contributed by atoms with Crippen LogP contribution < -0.4 is 4.80 Å². The molecule has 0 spiro atoms. The number of nitrogens with one attached hydrogen (secondary N) is 1. The zero-order valence-electron chi connectivity index (χ0n) is 17.4. The molecule has 0 atom stereocenters. The van der Waals surface area contributed by atoms with E-state index < -0.39 is 4.92 Å². The van der Waals surface area contributed by atoms with Crippen molar-refractivity contribution in [3.63, 3.8) is 0 Å². The average Bonchev–Trinajstić information content (AvgIpc) is 3.42. The number of benzene rings is 3. The maximum atomic E-state index is 13.3. The molecule has 2 heterocycles. The Labute approximate surface area is 204 Å². The fourth-order valence-corrected chi connectivity index (χ4v) is 4.63. The van der Waals surface area contributed by atoms with Gasteiger partial charge in [-0.15, -0.1) is 11.3 Å². The second-order valence-electron chi connectivity index (χ2n) is 7.29. The van der Waals surface area contributed by atoms with E-state index >= 15 is 0 Å². The predicted molar refractivity (Wildman–Crippen MR) is 135 cm³/mol. The SMILES string of the molecule is O=[N+]([O-])c1ccc(-c2csc(=Nc3ccc(F)cc3)n2N=Cc2c[nH]c3ccc(Br)cc23)cc1. The molecule has 1 N–H and O–H groups in total. The highest BCUT2D eigenvalue weighted by atomic mass is 79.9. The molecule has 3 aromatic carbocycles. The van der Waals surface area contributed by atoms with Gasteiger partial charge in [-0.1, -0.05) is 15.9 Å². The number of rotatable bonds is 5. The summed E-state index contributed by atoms with van der Waals surface area (Å²) in [7, 11) is 0. The number of thiazole rings is 1. The third-order valence-corrected chi connectivity index (χ3v) is 6.41. The van der Waals surface area contributed by atoms with Crippen molar-refractivity contribution in [2.45, 2.75) is 0 Å². The first-order valence-electron chi connectivity index (χ1n) is 10.0. The Balaban J connectivity index is 1.63. The Morgan fingerprint density at radius 2 is 1.85 bits per heavy atom. The van der Waals surface area contributed by atoms with Gasteiger partial charge in [0.25, 0.3) is 5.69 Å². The normalized spacial score (nSPS) is 12.1. The zero-order valence-corrected chi connectivity index (χ0v) is 19.8. The molecule has 5 rings (SSSR count). The Hall–Kier alpha value is -3.89. The van der Waals surface area contributed by atoms with Crippen molar-refractivity contribution in [1.29, 1.82) is 0 Å². The van der Waals surface area contributed by atoms with Crippen LogP contribution >= 0.6 is 27.3 Å². The van der Waals surface area contributed by atoms with Crippen LogP contribution in [0, 0.1) is 15.9 Å². The molecule has 0 aliphatic rings. The summed E-state index contributed by atoms with van der Waals surface area (Å²) in [5.74, 6) is -0.340. The molecule has 5 aromatic rings. The van der Waals surface area contributed by atoms with E-state index in [0.29, 0.717) is 10.5 Å². The number of fused-ring (bicyclic) bond motifs is 1. The molecule has 7 nitrogen and oxygen atoms in total. The summed E-state index contributed by atoms with van der Waals surface area (Å²) in [4.78, 5) is 19.0. The van der Waals surface area contributed by atoms with E-state index in [2.05, 4.69) is 25.9 Å². The number of halogens is 2. The van der Waals surface area contributed by atoms with E-state index in [1.807, 2.05) is 29.8 Å². The molecule has 0 radical (unpaired) electrons. The maximum Gasteiger partial charge on any atom is 0.269 e. The topological polar surface area (TPSA) is 88.6 Å². The number of hydrogen-bond acceptors (Lipinski definition) is 5. The van der Waals surface area contributed by atoms with Crippen molar-refractivity contribution in [3.8, 4) is 11.3 Å². The van der Waals surface area contributed by atoms with Crippen molar-refractivity contribution in [2.24, 2.45) is 10.1 Å². The highest BCUT2D eigenvalue weighted by molar-refractivity contribution is 9.10. The van der Waals surface area contributed by atoms with Gasteiger partial charge in [0.2, 0.25) is 4.80 Å². The van der Waals surface area contributed by atoms with Gasteiger partial charge in [-0.05, 0) is 54.6 Å². The van der Waals surface area contributed by atoms with Gasteiger partial charge in [0.05, 0.1) is 22.5 Å². The molecule has 0 fully saturated rings. The number of aromatic amines is 1. The lowest BCUT2D eigenvalue weighted by Crippen LogP contribution is -2.11. The van der Waals surface area contributed by atoms with E-state index in [0.717, 1.165) is 32.2 Å². The molecule has 2 aromatic heterocycles. The van der Waals surface area contributed by atoms with Crippen LogP contribution in [0.3, 0.4) is 0 Å². The van der Waals surface area contributed by atoms with Crippen molar-refractivity contribution >= 4 is 55.8 Å². The first kappa shape index (κ1) is 21.9. The first-order valence-corrected chi connectivity index (χ1v) is 11.7. The first-order chi connectivity index (χ1) is 16.5. The Kier molecular flexibility index (Phi) is 5.91. The number of hydrogen-bond donors (Lipinski definition) is 1. The summed E-state index contributed by atoms with van der Waals surface area (Å²) in [6.07, 6.45) is 3.60. The van der Waals surface area contributed by atoms with Crippen LogP contribution in [0.2, 0.25) is 0 Å². The summed E-state index contributed by atoms with van der Waals surface area (Å²) >= 11 is 4.86. The second-order valence-corrected chi connectivity index (χ2v) is 9.04. The predicted octanol–water partition coefficient (Wildman–Crippen LogP) is 6.62. The summed E-state index contributed by atoms with van der Waals surface area (Å²) in [6.45, 7) is 0. The highest BCUT2D eigenvalue weighted by Crippen LogP contribution is 2.25. The molecule has 10 heteroatoms. The summed E-state index contributed by atoms with van der Waals surface area (Å²) < 4.78 is 16.0. The van der Waals surface area contributed by atoms with Crippen molar-refractivity contribution in [2.75, 3.05) is 0 Å². The number of non-ortho nitro benzene ring substituents is 1. The molecule has 168 valence electrons. The third-order valence-electron chi connectivity index (χ3n) is 5.10. The van der Waals surface area contributed by atoms with E-state index in [1.54, 1.807) is 35.2 Å². The number of aromatic nitrogens is 2. The number of nitrogens with zero attached hydrogens (tertiary/aromatic N) is 4. The third kappa shape index (κ3) is 4.45. The molecule has 34 heavy (non-hydrogen) atoms. The quantitative estimate of drug-likeness (QED) is 0.155. The lowest BCUT2D eigenvalue weighted by Gasteiger charge is -2.04. The molecule has 0 unspecified atom stereocenters. The minimum absolute atomic E-state index is 0.00891. The minimum atomic E-state index is -0.436. The van der Waals surface area contributed by atoms with Crippen molar-refractivity contribution < 1.29 is 9.31 Å². The molecule has 0 saturated carbocycles. The van der Waals surface area contributed by atoms with Crippen LogP contribution in [0.4, 0.5) is 15.8 Å². The molecule has 0 saturated heterocycles. The van der Waals surface area contributed by atoms with Gasteiger partial charge in [-0.3, -0.25) is 10.1 Å². The molecule has 0 aliphatic heterocycles. The molecular formula is C24H15BrFN5O2S. The van der Waals surface area contributed by atoms with Crippen molar-refractivity contribution in [3.05, 3.63) is 109 Å². The zero-order chi connectivity index (χ0) is 23.7. The molecule has 0 amide bonds. The second kappa shape index (κ2) is 9.16. The largest absolute Gasteiger partial charge is 0.361 e. The van der Waals surface area contributed by atoms with Gasteiger partial charge in [-0.2, -0.15) is 5.10 Å². The smallest absolute Gasteiger partial charge is 0.269 e. The molecular weight excluding hydrogens is 521 g/mol. The van der Waals surface area contributed by atoms with E-state index in [1.165, 1.54) is 35.6 Å². The lowest BCUT2D eigenvalue weighted by atomic mass is 10.1. The number of nitro benzene ring substituents is 1. The van der Waals surface area contributed by atoms with Crippen LogP contribution in [0.25, 0.3) is 22.2 Å². The van der Waals surface area contributed by atoms with Gasteiger partial charge < -0.3 is 4.98 Å². The fraction of sp³-hybridized carbons (Fsp3) is 0. The average molecular weight is 536 g/mol. The van der Waals surface area contributed by atoms with Crippen LogP contribution in [0.5, 0.6) is 0 Å². The van der Waals surface area contributed by atoms with Gasteiger partial charge in [0.15, 0.2) is 0 Å². The summed E-state index contributed by atoms with van der Waals surface area (Å²) in [5.41, 5.74) is 3.93. The van der Waals surface area contributed by atoms with Gasteiger partial charge in [-0.25, -0.2) is 14.1 Å². The monoisotopic (exact) mass is 535 g/mol. The Bertz CT molecular complexity index is 1600. The van der Waals surface area contributed by atoms with Gasteiger partial charge in [0.1, 0.15) is 5.82 Å². The summed E-state index contributed by atoms with van der Waals surface area (Å²) in [5, 5.41) is 18.6. The van der Waals surface area contributed by atoms with E-state index in [9.17, 15) is 14.5 Å². The van der Waals surface area contributed by atoms with Crippen LogP contribution in [-0.2, 0) is 0 Å². The summed E-state index contributed by atoms with van der Waals surface area (Å²) in [6, 6.07) is 18.1. The van der Waals surface area contributed by atoms with Crippen LogP contribution in [-0.4, -0.2) is 20.8 Å². The fourth-order valence-electron chi connectivity index (χ4n) is 3.41. The maximum absolute atomic E-state index is 13.3.